The van der Waals surface area contributed by atoms with Crippen molar-refractivity contribution >= 4 is 46.2 Å². The lowest BCUT2D eigenvalue weighted by Crippen LogP contribution is -2.29. The van der Waals surface area contributed by atoms with Crippen LogP contribution < -0.4 is 20.3 Å². The lowest BCUT2D eigenvalue weighted by Gasteiger charge is -2.27. The van der Waals surface area contributed by atoms with Crippen LogP contribution in [-0.2, 0) is 4.79 Å². The smallest absolute Gasteiger partial charge is 0.224 e. The van der Waals surface area contributed by atoms with E-state index in [-0.39, 0.29) is 18.0 Å². The summed E-state index contributed by atoms with van der Waals surface area (Å²) in [6, 6.07) is 22.2. The summed E-state index contributed by atoms with van der Waals surface area (Å²) in [5.74, 6) is 1.88. The van der Waals surface area contributed by atoms with Gasteiger partial charge in [-0.15, -0.1) is 0 Å². The average Bonchev–Trinajstić information content (AvgIpc) is 3.54. The molecule has 4 aromatic rings. The molecule has 1 aliphatic rings. The molecule has 1 fully saturated rings. The fraction of sp³-hybridized carbons (Fsp3) is 0.179. The molecule has 37 heavy (non-hydrogen) atoms. The van der Waals surface area contributed by atoms with E-state index in [1.807, 2.05) is 77.7 Å². The third-order valence-corrected chi connectivity index (χ3v) is 6.77. The van der Waals surface area contributed by atoms with Gasteiger partial charge in [0.2, 0.25) is 5.91 Å². The van der Waals surface area contributed by atoms with Crippen molar-refractivity contribution in [3.63, 3.8) is 0 Å². The highest BCUT2D eigenvalue weighted by atomic mass is 35.5. The first-order valence-corrected chi connectivity index (χ1v) is 12.6. The number of rotatable bonds is 7. The Bertz CT molecular complexity index is 1430. The molecule has 0 radical (unpaired) electrons. The van der Waals surface area contributed by atoms with Crippen LogP contribution in [0.2, 0.25) is 5.02 Å². The van der Waals surface area contributed by atoms with E-state index in [2.05, 4.69) is 15.6 Å². The van der Waals surface area contributed by atoms with Gasteiger partial charge in [0.1, 0.15) is 23.3 Å². The van der Waals surface area contributed by atoms with Crippen molar-refractivity contribution < 1.29 is 13.9 Å². The maximum Gasteiger partial charge on any atom is 0.224 e. The zero-order valence-corrected chi connectivity index (χ0v) is 21.8. The van der Waals surface area contributed by atoms with Gasteiger partial charge in [0.15, 0.2) is 5.11 Å². The highest BCUT2D eigenvalue weighted by molar-refractivity contribution is 7.80. The van der Waals surface area contributed by atoms with Crippen LogP contribution in [0.5, 0.6) is 5.75 Å². The third-order valence-electron chi connectivity index (χ3n) is 6.20. The molecule has 0 saturated carbocycles. The summed E-state index contributed by atoms with van der Waals surface area (Å²) in [6.45, 7) is 1.80. The number of thiocarbonyl (C=S) groups is 1. The van der Waals surface area contributed by atoms with Gasteiger partial charge < -0.3 is 24.7 Å². The Morgan fingerprint density at radius 1 is 1.16 bits per heavy atom. The molecule has 2 aromatic heterocycles. The Balaban J connectivity index is 1.57. The minimum Gasteiger partial charge on any atom is -0.494 e. The summed E-state index contributed by atoms with van der Waals surface area (Å²) in [7, 11) is 1.57. The Kier molecular flexibility index (Phi) is 7.12. The van der Waals surface area contributed by atoms with Crippen molar-refractivity contribution in [2.45, 2.75) is 25.4 Å². The van der Waals surface area contributed by atoms with Gasteiger partial charge in [-0.3, -0.25) is 9.78 Å². The van der Waals surface area contributed by atoms with E-state index in [1.54, 1.807) is 20.2 Å². The molecule has 1 saturated heterocycles. The molecule has 188 valence electrons. The molecule has 1 amide bonds. The molecule has 2 atom stereocenters. The summed E-state index contributed by atoms with van der Waals surface area (Å²) in [6.07, 6.45) is 2.13. The monoisotopic (exact) mass is 532 g/mol. The molecule has 1 aliphatic heterocycles. The summed E-state index contributed by atoms with van der Waals surface area (Å²) >= 11 is 11.9. The molecule has 5 rings (SSSR count). The molecule has 0 aliphatic carbocycles. The first-order chi connectivity index (χ1) is 18.0. The Hall–Kier alpha value is -3.88. The van der Waals surface area contributed by atoms with Crippen molar-refractivity contribution in [3.8, 4) is 17.1 Å². The van der Waals surface area contributed by atoms with Crippen LogP contribution in [-0.4, -0.2) is 23.1 Å². The fourth-order valence-electron chi connectivity index (χ4n) is 4.37. The summed E-state index contributed by atoms with van der Waals surface area (Å²) in [5, 5.41) is 7.49. The van der Waals surface area contributed by atoms with Crippen LogP contribution in [0.15, 0.2) is 83.4 Å². The highest BCUT2D eigenvalue weighted by Gasteiger charge is 2.42. The van der Waals surface area contributed by atoms with E-state index >= 15 is 0 Å². The minimum absolute atomic E-state index is 0.0946. The number of hydrogen-bond donors (Lipinski definition) is 2. The van der Waals surface area contributed by atoms with Gasteiger partial charge in [0.25, 0.3) is 0 Å². The Morgan fingerprint density at radius 2 is 1.97 bits per heavy atom. The molecule has 0 unspecified atom stereocenters. The molecule has 3 heterocycles. The number of methoxy groups -OCH3 is 1. The van der Waals surface area contributed by atoms with E-state index in [0.29, 0.717) is 28.0 Å². The fourth-order valence-corrected chi connectivity index (χ4v) is 4.85. The van der Waals surface area contributed by atoms with Crippen molar-refractivity contribution in [1.82, 2.24) is 10.3 Å². The number of amides is 1. The van der Waals surface area contributed by atoms with Gasteiger partial charge >= 0.3 is 0 Å². The van der Waals surface area contributed by atoms with E-state index < -0.39 is 0 Å². The molecule has 2 aromatic carbocycles. The van der Waals surface area contributed by atoms with Gasteiger partial charge in [-0.05, 0) is 72.9 Å². The van der Waals surface area contributed by atoms with Crippen LogP contribution in [0, 0.1) is 0 Å². The average molecular weight is 533 g/mol. The van der Waals surface area contributed by atoms with Crippen LogP contribution >= 0.6 is 23.8 Å². The van der Waals surface area contributed by atoms with E-state index in [9.17, 15) is 4.79 Å². The summed E-state index contributed by atoms with van der Waals surface area (Å²) in [5.41, 5.74) is 3.14. The van der Waals surface area contributed by atoms with E-state index in [4.69, 9.17) is 33.0 Å². The minimum atomic E-state index is -0.329. The van der Waals surface area contributed by atoms with Crippen LogP contribution in [0.1, 0.15) is 36.9 Å². The van der Waals surface area contributed by atoms with Gasteiger partial charge in [-0.25, -0.2) is 0 Å². The zero-order chi connectivity index (χ0) is 25.9. The Labute approximate surface area is 225 Å². The Morgan fingerprint density at radius 3 is 2.68 bits per heavy atom. The molecule has 7 nitrogen and oxygen atoms in total. The predicted molar refractivity (Wildman–Crippen MR) is 149 cm³/mol. The second-order valence-electron chi connectivity index (χ2n) is 8.49. The number of ether oxygens (including phenoxy) is 1. The van der Waals surface area contributed by atoms with Gasteiger partial charge in [-0.1, -0.05) is 24.6 Å². The lowest BCUT2D eigenvalue weighted by molar-refractivity contribution is -0.115. The maximum absolute atomic E-state index is 12.0. The van der Waals surface area contributed by atoms with E-state index in [1.165, 1.54) is 0 Å². The van der Waals surface area contributed by atoms with Crippen molar-refractivity contribution in [2.75, 3.05) is 17.3 Å². The van der Waals surface area contributed by atoms with Gasteiger partial charge in [-0.2, -0.15) is 0 Å². The van der Waals surface area contributed by atoms with Crippen molar-refractivity contribution in [2.24, 2.45) is 0 Å². The zero-order valence-electron chi connectivity index (χ0n) is 20.3. The number of anilines is 2. The quantitative estimate of drug-likeness (QED) is 0.262. The second kappa shape index (κ2) is 10.6. The number of pyridine rings is 1. The molecular weight excluding hydrogens is 508 g/mol. The first kappa shape index (κ1) is 24.8. The standard InChI is InChI=1S/C28H25ClN4O3S/c1-3-25(34)31-20-12-11-19(16-24(20)35-2)33-27(26(32-28(33)37)21-6-4-5-15-30-21)23-14-13-22(36-23)17-7-9-18(29)10-8-17/h4-16,26-27H,3H2,1-2H3,(H,31,34)(H,32,37)/t26-,27-/m1/s1. The summed E-state index contributed by atoms with van der Waals surface area (Å²) < 4.78 is 12.0. The number of halogens is 1. The number of carbonyl (C=O) groups excluding carboxylic acids is 1. The predicted octanol–water partition coefficient (Wildman–Crippen LogP) is 6.53. The SMILES string of the molecule is CCC(=O)Nc1ccc(N2C(=S)N[C@H](c3ccccn3)[C@H]2c2ccc(-c3ccc(Cl)cc3)o2)cc1OC. The van der Waals surface area contributed by atoms with Crippen LogP contribution in [0.3, 0.4) is 0 Å². The van der Waals surface area contributed by atoms with E-state index in [0.717, 1.165) is 28.5 Å². The summed E-state index contributed by atoms with van der Waals surface area (Å²) in [4.78, 5) is 18.6. The molecule has 9 heteroatoms. The molecule has 0 spiro atoms. The molecule has 2 N–H and O–H groups in total. The number of benzene rings is 2. The van der Waals surface area contributed by atoms with Crippen molar-refractivity contribution in [3.05, 3.63) is 95.5 Å². The molecular formula is C28H25ClN4O3S. The lowest BCUT2D eigenvalue weighted by atomic mass is 10.0. The second-order valence-corrected chi connectivity index (χ2v) is 9.31. The van der Waals surface area contributed by atoms with Gasteiger partial charge in [0, 0.05) is 35.0 Å². The topological polar surface area (TPSA) is 79.6 Å². The normalized spacial score (nSPS) is 16.9. The van der Waals surface area contributed by atoms with Crippen molar-refractivity contribution in [1.29, 1.82) is 0 Å². The number of carbonyl (C=O) groups is 1. The largest absolute Gasteiger partial charge is 0.494 e. The third kappa shape index (κ3) is 5.03. The number of aromatic nitrogens is 1. The number of hydrogen-bond acceptors (Lipinski definition) is 5. The van der Waals surface area contributed by atoms with Crippen LogP contribution in [0.4, 0.5) is 11.4 Å². The maximum atomic E-state index is 12.0. The number of furan rings is 1. The van der Waals surface area contributed by atoms with Gasteiger partial charge in [0.05, 0.1) is 24.5 Å². The molecule has 0 bridgehead atoms. The van der Waals surface area contributed by atoms with Crippen LogP contribution in [0.25, 0.3) is 11.3 Å². The number of nitrogens with zero attached hydrogens (tertiary/aromatic N) is 2. The highest BCUT2D eigenvalue weighted by Crippen LogP contribution is 2.44. The number of nitrogens with one attached hydrogen (secondary N) is 2. The first-order valence-electron chi connectivity index (χ1n) is 11.8.